The van der Waals surface area contributed by atoms with E-state index < -0.39 is 0 Å². The van der Waals surface area contributed by atoms with Crippen molar-refractivity contribution in [1.29, 1.82) is 0 Å². The number of hydrogen-bond acceptors (Lipinski definition) is 2. The average Bonchev–Trinajstić information content (AvgIpc) is 2.46. The Labute approximate surface area is 108 Å². The van der Waals surface area contributed by atoms with Gasteiger partial charge in [0.15, 0.2) is 0 Å². The van der Waals surface area contributed by atoms with E-state index in [4.69, 9.17) is 0 Å². The number of nitrogens with one attached hydrogen (secondary N) is 1. The highest BCUT2D eigenvalue weighted by Gasteiger charge is 2.14. The van der Waals surface area contributed by atoms with Crippen molar-refractivity contribution in [3.63, 3.8) is 0 Å². The third-order valence-electron chi connectivity index (χ3n) is 3.31. The lowest BCUT2D eigenvalue weighted by atomic mass is 10.0. The summed E-state index contributed by atoms with van der Waals surface area (Å²) in [5.41, 5.74) is 2.67. The highest BCUT2D eigenvalue weighted by atomic mass is 16.1. The van der Waals surface area contributed by atoms with Crippen LogP contribution in [0.5, 0.6) is 0 Å². The van der Waals surface area contributed by atoms with E-state index in [0.717, 1.165) is 26.1 Å². The zero-order valence-corrected chi connectivity index (χ0v) is 10.9. The molecule has 0 spiro atoms. The topological polar surface area (TPSA) is 32.3 Å². The Balaban J connectivity index is 1.92. The summed E-state index contributed by atoms with van der Waals surface area (Å²) in [7, 11) is 1.69. The molecule has 0 aromatic heterocycles. The first-order valence-electron chi connectivity index (χ1n) is 6.47. The van der Waals surface area contributed by atoms with Gasteiger partial charge in [-0.1, -0.05) is 36.4 Å². The van der Waals surface area contributed by atoms with E-state index >= 15 is 0 Å². The zero-order chi connectivity index (χ0) is 12.8. The Morgan fingerprint density at radius 2 is 2.11 bits per heavy atom. The van der Waals surface area contributed by atoms with Crippen LogP contribution < -0.4 is 5.32 Å². The van der Waals surface area contributed by atoms with Gasteiger partial charge in [-0.15, -0.1) is 0 Å². The second-order valence-corrected chi connectivity index (χ2v) is 4.58. The second kappa shape index (κ2) is 6.36. The van der Waals surface area contributed by atoms with E-state index in [1.807, 2.05) is 6.07 Å². The van der Waals surface area contributed by atoms with Gasteiger partial charge in [-0.3, -0.25) is 9.69 Å². The van der Waals surface area contributed by atoms with Crippen molar-refractivity contribution in [2.45, 2.75) is 12.8 Å². The molecule has 1 aromatic carbocycles. The summed E-state index contributed by atoms with van der Waals surface area (Å²) >= 11 is 0. The summed E-state index contributed by atoms with van der Waals surface area (Å²) in [4.78, 5) is 13.6. The lowest BCUT2D eigenvalue weighted by molar-refractivity contribution is -0.120. The number of benzene rings is 1. The maximum absolute atomic E-state index is 11.3. The minimum atomic E-state index is 0.116. The van der Waals surface area contributed by atoms with Crippen LogP contribution in [-0.4, -0.2) is 37.5 Å². The van der Waals surface area contributed by atoms with Crippen LogP contribution in [0, 0.1) is 0 Å². The second-order valence-electron chi connectivity index (χ2n) is 4.58. The molecule has 0 bridgehead atoms. The molecule has 0 atom stereocenters. The first-order valence-corrected chi connectivity index (χ1v) is 6.47. The molecule has 0 radical (unpaired) electrons. The van der Waals surface area contributed by atoms with E-state index in [-0.39, 0.29) is 5.91 Å². The third kappa shape index (κ3) is 3.44. The minimum Gasteiger partial charge on any atom is -0.359 e. The van der Waals surface area contributed by atoms with Crippen LogP contribution in [0.1, 0.15) is 18.4 Å². The SMILES string of the molecule is CNC(=O)CCN1CCC=C(c2ccccc2)C1. The van der Waals surface area contributed by atoms with Gasteiger partial charge in [0.25, 0.3) is 0 Å². The van der Waals surface area contributed by atoms with Crippen LogP contribution in [0.15, 0.2) is 36.4 Å². The molecule has 0 unspecified atom stereocenters. The van der Waals surface area contributed by atoms with E-state index in [1.165, 1.54) is 11.1 Å². The van der Waals surface area contributed by atoms with E-state index in [0.29, 0.717) is 6.42 Å². The summed E-state index contributed by atoms with van der Waals surface area (Å²) in [5, 5.41) is 2.67. The number of carbonyl (C=O) groups is 1. The molecular weight excluding hydrogens is 224 g/mol. The minimum absolute atomic E-state index is 0.116. The van der Waals surface area contributed by atoms with Crippen LogP contribution in [0.4, 0.5) is 0 Å². The Hall–Kier alpha value is -1.61. The predicted molar refractivity (Wildman–Crippen MR) is 74.2 cm³/mol. The molecule has 3 nitrogen and oxygen atoms in total. The first kappa shape index (κ1) is 12.8. The molecule has 3 heteroatoms. The lowest BCUT2D eigenvalue weighted by Crippen LogP contribution is -2.33. The largest absolute Gasteiger partial charge is 0.359 e. The number of amides is 1. The predicted octanol–water partition coefficient (Wildman–Crippen LogP) is 1.91. The van der Waals surface area contributed by atoms with Crippen LogP contribution in [0.2, 0.25) is 0 Å². The monoisotopic (exact) mass is 244 g/mol. The third-order valence-corrected chi connectivity index (χ3v) is 3.31. The summed E-state index contributed by atoms with van der Waals surface area (Å²) in [6.07, 6.45) is 3.96. The van der Waals surface area contributed by atoms with Crippen LogP contribution >= 0.6 is 0 Å². The quantitative estimate of drug-likeness (QED) is 0.877. The van der Waals surface area contributed by atoms with Gasteiger partial charge >= 0.3 is 0 Å². The molecule has 18 heavy (non-hydrogen) atoms. The maximum atomic E-state index is 11.3. The van der Waals surface area contributed by atoms with Crippen LogP contribution in [0.25, 0.3) is 5.57 Å². The first-order chi connectivity index (χ1) is 8.79. The summed E-state index contributed by atoms with van der Waals surface area (Å²) in [5.74, 6) is 0.116. The fraction of sp³-hybridized carbons (Fsp3) is 0.400. The van der Waals surface area contributed by atoms with Crippen molar-refractivity contribution < 1.29 is 4.79 Å². The van der Waals surface area contributed by atoms with E-state index in [1.54, 1.807) is 7.05 Å². The van der Waals surface area contributed by atoms with Crippen molar-refractivity contribution in [1.82, 2.24) is 10.2 Å². The van der Waals surface area contributed by atoms with Gasteiger partial charge in [0.2, 0.25) is 5.91 Å². The standard InChI is InChI=1S/C15H20N2O/c1-16-15(18)9-11-17-10-5-8-14(12-17)13-6-3-2-4-7-13/h2-4,6-8H,5,9-12H2,1H3,(H,16,18). The number of carbonyl (C=O) groups excluding carboxylic acids is 1. The van der Waals surface area contributed by atoms with Gasteiger partial charge in [-0.2, -0.15) is 0 Å². The molecular formula is C15H20N2O. The van der Waals surface area contributed by atoms with Gasteiger partial charge in [0, 0.05) is 33.1 Å². The van der Waals surface area contributed by atoms with Gasteiger partial charge in [0.05, 0.1) is 0 Å². The lowest BCUT2D eigenvalue weighted by Gasteiger charge is -2.27. The fourth-order valence-electron chi connectivity index (χ4n) is 2.24. The molecule has 1 aromatic rings. The molecule has 0 saturated carbocycles. The molecule has 1 aliphatic rings. The van der Waals surface area contributed by atoms with E-state index in [9.17, 15) is 4.79 Å². The molecule has 1 aliphatic heterocycles. The maximum Gasteiger partial charge on any atom is 0.221 e. The summed E-state index contributed by atoms with van der Waals surface area (Å²) in [6, 6.07) is 10.5. The Morgan fingerprint density at radius 1 is 1.33 bits per heavy atom. The Bertz CT molecular complexity index is 425. The highest BCUT2D eigenvalue weighted by molar-refractivity contribution is 5.75. The molecule has 96 valence electrons. The van der Waals surface area contributed by atoms with Crippen molar-refractivity contribution in [2.24, 2.45) is 0 Å². The van der Waals surface area contributed by atoms with Crippen LogP contribution in [0.3, 0.4) is 0 Å². The van der Waals surface area contributed by atoms with E-state index in [2.05, 4.69) is 40.6 Å². The molecule has 1 N–H and O–H groups in total. The van der Waals surface area contributed by atoms with Crippen LogP contribution in [-0.2, 0) is 4.79 Å². The molecule has 0 aliphatic carbocycles. The summed E-state index contributed by atoms with van der Waals surface area (Å²) < 4.78 is 0. The van der Waals surface area contributed by atoms with Gasteiger partial charge < -0.3 is 5.32 Å². The normalized spacial score (nSPS) is 16.2. The highest BCUT2D eigenvalue weighted by Crippen LogP contribution is 2.20. The van der Waals surface area contributed by atoms with Crippen molar-refractivity contribution in [3.05, 3.63) is 42.0 Å². The summed E-state index contributed by atoms with van der Waals surface area (Å²) in [6.45, 7) is 2.83. The molecule has 2 rings (SSSR count). The molecule has 1 heterocycles. The number of rotatable bonds is 4. The smallest absolute Gasteiger partial charge is 0.221 e. The zero-order valence-electron chi connectivity index (χ0n) is 10.9. The fourth-order valence-corrected chi connectivity index (χ4v) is 2.24. The Kier molecular flexibility index (Phi) is 4.53. The van der Waals surface area contributed by atoms with Gasteiger partial charge in [0.1, 0.15) is 0 Å². The molecule has 0 saturated heterocycles. The van der Waals surface area contributed by atoms with Crippen molar-refractivity contribution in [2.75, 3.05) is 26.7 Å². The average molecular weight is 244 g/mol. The van der Waals surface area contributed by atoms with Crippen molar-refractivity contribution >= 4 is 11.5 Å². The molecule has 0 fully saturated rings. The van der Waals surface area contributed by atoms with Crippen molar-refractivity contribution in [3.8, 4) is 0 Å². The number of hydrogen-bond donors (Lipinski definition) is 1. The van der Waals surface area contributed by atoms with Gasteiger partial charge in [-0.05, 0) is 17.6 Å². The van der Waals surface area contributed by atoms with Gasteiger partial charge in [-0.25, -0.2) is 0 Å². The number of nitrogens with zero attached hydrogens (tertiary/aromatic N) is 1. The molecule has 1 amide bonds. The Morgan fingerprint density at radius 3 is 2.83 bits per heavy atom.